The van der Waals surface area contributed by atoms with Crippen LogP contribution in [0.2, 0.25) is 0 Å². The van der Waals surface area contributed by atoms with Gasteiger partial charge in [-0.05, 0) is 43.1 Å². The highest BCUT2D eigenvalue weighted by Crippen LogP contribution is 2.22. The van der Waals surface area contributed by atoms with Gasteiger partial charge in [-0.2, -0.15) is 0 Å². The standard InChI is InChI=1S/C18H21FN6/c1-12-8-20-7-6-15(12)23-18-24-16-9-21-11-22-17(16)25(18)10-13-2-4-14(19)5-3-13/h2-5,9,11-12,15,20H,6-8,10H2,1H3,(H,23,24). The number of benzene rings is 1. The van der Waals surface area contributed by atoms with Gasteiger partial charge in [0.2, 0.25) is 5.95 Å². The van der Waals surface area contributed by atoms with E-state index in [2.05, 4.69) is 32.5 Å². The van der Waals surface area contributed by atoms with E-state index < -0.39 is 0 Å². The summed E-state index contributed by atoms with van der Waals surface area (Å²) in [5.74, 6) is 1.07. The number of anilines is 1. The smallest absolute Gasteiger partial charge is 0.205 e. The molecule has 7 heteroatoms. The van der Waals surface area contributed by atoms with Crippen LogP contribution in [0.1, 0.15) is 18.9 Å². The maximum atomic E-state index is 13.2. The van der Waals surface area contributed by atoms with Crippen LogP contribution in [-0.4, -0.2) is 38.7 Å². The van der Waals surface area contributed by atoms with Crippen LogP contribution in [0, 0.1) is 11.7 Å². The fraction of sp³-hybridized carbons (Fsp3) is 0.389. The minimum absolute atomic E-state index is 0.233. The summed E-state index contributed by atoms with van der Waals surface area (Å²) in [5.41, 5.74) is 2.54. The van der Waals surface area contributed by atoms with Crippen molar-refractivity contribution in [2.24, 2.45) is 5.92 Å². The molecule has 2 aromatic heterocycles. The SMILES string of the molecule is CC1CNCCC1Nc1nc2cncnc2n1Cc1ccc(F)cc1. The summed E-state index contributed by atoms with van der Waals surface area (Å²) in [7, 11) is 0. The number of nitrogens with one attached hydrogen (secondary N) is 2. The van der Waals surface area contributed by atoms with Crippen LogP contribution in [0.4, 0.5) is 10.3 Å². The van der Waals surface area contributed by atoms with Crippen molar-refractivity contribution in [2.45, 2.75) is 25.9 Å². The Morgan fingerprint density at radius 3 is 2.96 bits per heavy atom. The highest BCUT2D eigenvalue weighted by molar-refractivity contribution is 5.73. The maximum Gasteiger partial charge on any atom is 0.205 e. The average Bonchev–Trinajstić information content (AvgIpc) is 2.96. The van der Waals surface area contributed by atoms with Crippen LogP contribution in [0.5, 0.6) is 0 Å². The predicted molar refractivity (Wildman–Crippen MR) is 94.9 cm³/mol. The Balaban J connectivity index is 1.68. The summed E-state index contributed by atoms with van der Waals surface area (Å²) in [5, 5.41) is 7.00. The van der Waals surface area contributed by atoms with Crippen molar-refractivity contribution < 1.29 is 4.39 Å². The Morgan fingerprint density at radius 1 is 1.32 bits per heavy atom. The molecule has 1 aliphatic rings. The summed E-state index contributed by atoms with van der Waals surface area (Å²) >= 11 is 0. The number of piperidine rings is 1. The van der Waals surface area contributed by atoms with E-state index in [1.54, 1.807) is 18.3 Å². The average molecular weight is 340 g/mol. The molecule has 4 rings (SSSR count). The molecule has 3 heterocycles. The lowest BCUT2D eigenvalue weighted by atomic mass is 9.95. The van der Waals surface area contributed by atoms with Gasteiger partial charge in [-0.1, -0.05) is 19.1 Å². The van der Waals surface area contributed by atoms with Crippen molar-refractivity contribution in [3.8, 4) is 0 Å². The zero-order chi connectivity index (χ0) is 17.2. The summed E-state index contributed by atoms with van der Waals surface area (Å²) in [6.07, 6.45) is 4.30. The quantitative estimate of drug-likeness (QED) is 0.763. The van der Waals surface area contributed by atoms with E-state index in [-0.39, 0.29) is 5.82 Å². The molecule has 2 N–H and O–H groups in total. The van der Waals surface area contributed by atoms with Gasteiger partial charge in [0.05, 0.1) is 12.7 Å². The van der Waals surface area contributed by atoms with Crippen molar-refractivity contribution in [3.63, 3.8) is 0 Å². The Kier molecular flexibility index (Phi) is 4.31. The lowest BCUT2D eigenvalue weighted by Gasteiger charge is -2.30. The number of nitrogens with zero attached hydrogens (tertiary/aromatic N) is 4. The monoisotopic (exact) mass is 340 g/mol. The van der Waals surface area contributed by atoms with E-state index in [1.165, 1.54) is 18.5 Å². The van der Waals surface area contributed by atoms with Crippen molar-refractivity contribution in [1.82, 2.24) is 24.8 Å². The van der Waals surface area contributed by atoms with Crippen LogP contribution in [0.15, 0.2) is 36.8 Å². The lowest BCUT2D eigenvalue weighted by Crippen LogP contribution is -2.42. The first-order valence-corrected chi connectivity index (χ1v) is 8.58. The Bertz CT molecular complexity index is 860. The van der Waals surface area contributed by atoms with Crippen LogP contribution in [-0.2, 0) is 6.54 Å². The number of hydrogen-bond acceptors (Lipinski definition) is 5. The minimum atomic E-state index is -0.233. The van der Waals surface area contributed by atoms with E-state index in [0.29, 0.717) is 18.5 Å². The van der Waals surface area contributed by atoms with E-state index in [9.17, 15) is 4.39 Å². The number of halogens is 1. The van der Waals surface area contributed by atoms with Gasteiger partial charge in [-0.25, -0.2) is 19.3 Å². The highest BCUT2D eigenvalue weighted by atomic mass is 19.1. The molecule has 25 heavy (non-hydrogen) atoms. The van der Waals surface area contributed by atoms with Crippen molar-refractivity contribution >= 4 is 17.1 Å². The fourth-order valence-electron chi connectivity index (χ4n) is 3.30. The third-order valence-corrected chi connectivity index (χ3v) is 4.76. The van der Waals surface area contributed by atoms with Crippen molar-refractivity contribution in [2.75, 3.05) is 18.4 Å². The summed E-state index contributed by atoms with van der Waals surface area (Å²) in [6.45, 7) is 4.81. The molecule has 0 radical (unpaired) electrons. The van der Waals surface area contributed by atoms with Crippen LogP contribution < -0.4 is 10.6 Å². The Morgan fingerprint density at radius 2 is 2.16 bits per heavy atom. The van der Waals surface area contributed by atoms with Crippen LogP contribution in [0.25, 0.3) is 11.2 Å². The van der Waals surface area contributed by atoms with Gasteiger partial charge >= 0.3 is 0 Å². The first-order chi connectivity index (χ1) is 12.2. The maximum absolute atomic E-state index is 13.2. The van der Waals surface area contributed by atoms with E-state index in [0.717, 1.165) is 42.2 Å². The molecule has 0 spiro atoms. The lowest BCUT2D eigenvalue weighted by molar-refractivity contribution is 0.366. The highest BCUT2D eigenvalue weighted by Gasteiger charge is 2.23. The topological polar surface area (TPSA) is 67.7 Å². The molecule has 1 aromatic carbocycles. The number of hydrogen-bond donors (Lipinski definition) is 2. The molecule has 0 amide bonds. The normalized spacial score (nSPS) is 20.7. The molecular weight excluding hydrogens is 319 g/mol. The van der Waals surface area contributed by atoms with Gasteiger partial charge in [0.25, 0.3) is 0 Å². The zero-order valence-electron chi connectivity index (χ0n) is 14.1. The molecular formula is C18H21FN6. The Hall–Kier alpha value is -2.54. The van der Waals surface area contributed by atoms with Crippen molar-refractivity contribution in [1.29, 1.82) is 0 Å². The second-order valence-electron chi connectivity index (χ2n) is 6.60. The summed E-state index contributed by atoms with van der Waals surface area (Å²) < 4.78 is 15.2. The molecule has 0 saturated carbocycles. The van der Waals surface area contributed by atoms with Gasteiger partial charge in [0.15, 0.2) is 5.65 Å². The zero-order valence-corrected chi connectivity index (χ0v) is 14.1. The third-order valence-electron chi connectivity index (χ3n) is 4.76. The summed E-state index contributed by atoms with van der Waals surface area (Å²) in [4.78, 5) is 13.2. The molecule has 130 valence electrons. The van der Waals surface area contributed by atoms with Crippen LogP contribution in [0.3, 0.4) is 0 Å². The molecule has 1 saturated heterocycles. The molecule has 0 aliphatic carbocycles. The van der Waals surface area contributed by atoms with Gasteiger partial charge in [0.1, 0.15) is 17.7 Å². The first-order valence-electron chi connectivity index (χ1n) is 8.58. The fourth-order valence-corrected chi connectivity index (χ4v) is 3.30. The van der Waals surface area contributed by atoms with Gasteiger partial charge in [0, 0.05) is 6.04 Å². The van der Waals surface area contributed by atoms with E-state index in [4.69, 9.17) is 0 Å². The molecule has 3 aromatic rings. The number of fused-ring (bicyclic) bond motifs is 1. The van der Waals surface area contributed by atoms with Crippen molar-refractivity contribution in [3.05, 3.63) is 48.2 Å². The number of aromatic nitrogens is 4. The first kappa shape index (κ1) is 16.0. The molecule has 2 unspecified atom stereocenters. The molecule has 2 atom stereocenters. The molecule has 1 fully saturated rings. The second-order valence-corrected chi connectivity index (χ2v) is 6.60. The third kappa shape index (κ3) is 3.32. The van der Waals surface area contributed by atoms with Crippen LogP contribution >= 0.6 is 0 Å². The van der Waals surface area contributed by atoms with E-state index in [1.807, 2.05) is 4.57 Å². The number of rotatable bonds is 4. The Labute approximate surface area is 145 Å². The van der Waals surface area contributed by atoms with E-state index >= 15 is 0 Å². The largest absolute Gasteiger partial charge is 0.352 e. The summed E-state index contributed by atoms with van der Waals surface area (Å²) in [6, 6.07) is 6.90. The molecule has 0 bridgehead atoms. The minimum Gasteiger partial charge on any atom is -0.352 e. The predicted octanol–water partition coefficient (Wildman–Crippen LogP) is 2.42. The number of imidazole rings is 1. The van der Waals surface area contributed by atoms with Gasteiger partial charge in [-0.15, -0.1) is 0 Å². The van der Waals surface area contributed by atoms with Gasteiger partial charge in [-0.3, -0.25) is 4.57 Å². The molecule has 6 nitrogen and oxygen atoms in total. The van der Waals surface area contributed by atoms with Gasteiger partial charge < -0.3 is 10.6 Å². The molecule has 1 aliphatic heterocycles. The second kappa shape index (κ2) is 6.76.